The van der Waals surface area contributed by atoms with Crippen molar-refractivity contribution in [2.45, 2.75) is 6.92 Å². The van der Waals surface area contributed by atoms with Gasteiger partial charge in [-0.15, -0.1) is 11.3 Å². The first-order valence-corrected chi connectivity index (χ1v) is 6.85. The fourth-order valence-electron chi connectivity index (χ4n) is 2.00. The standard InChI is InChI=1S/C14H12N2O2S/c1-2-18-11-5-3-10(4-6-11)13-12(9-17)16-7-8-19-14(16)15-13/h3-9H,2H2,1H3. The Bertz CT molecular complexity index is 713. The maximum Gasteiger partial charge on any atom is 0.194 e. The van der Waals surface area contributed by atoms with Crippen molar-refractivity contribution < 1.29 is 9.53 Å². The van der Waals surface area contributed by atoms with E-state index in [4.69, 9.17) is 4.74 Å². The lowest BCUT2D eigenvalue weighted by Gasteiger charge is -2.03. The van der Waals surface area contributed by atoms with Crippen LogP contribution < -0.4 is 4.74 Å². The molecule has 3 aromatic rings. The second-order valence-corrected chi connectivity index (χ2v) is 4.85. The monoisotopic (exact) mass is 272 g/mol. The van der Waals surface area contributed by atoms with Crippen LogP contribution in [0.4, 0.5) is 0 Å². The summed E-state index contributed by atoms with van der Waals surface area (Å²) in [6.45, 7) is 2.58. The average Bonchev–Trinajstić information content (AvgIpc) is 3.00. The molecule has 3 rings (SSSR count). The Kier molecular flexibility index (Phi) is 3.05. The molecule has 19 heavy (non-hydrogen) atoms. The van der Waals surface area contributed by atoms with Gasteiger partial charge in [-0.2, -0.15) is 0 Å². The highest BCUT2D eigenvalue weighted by molar-refractivity contribution is 7.15. The number of rotatable bonds is 4. The molecule has 2 heterocycles. The SMILES string of the molecule is CCOc1ccc(-c2nc3sccn3c2C=O)cc1. The number of ether oxygens (including phenoxy) is 1. The first-order chi connectivity index (χ1) is 9.33. The average molecular weight is 272 g/mol. The van der Waals surface area contributed by atoms with Gasteiger partial charge in [0.15, 0.2) is 11.2 Å². The lowest BCUT2D eigenvalue weighted by Crippen LogP contribution is -1.92. The third kappa shape index (κ3) is 2.02. The largest absolute Gasteiger partial charge is 0.494 e. The number of hydrogen-bond acceptors (Lipinski definition) is 4. The van der Waals surface area contributed by atoms with Crippen molar-refractivity contribution in [3.63, 3.8) is 0 Å². The van der Waals surface area contributed by atoms with Crippen LogP contribution >= 0.6 is 11.3 Å². The maximum atomic E-state index is 11.3. The highest BCUT2D eigenvalue weighted by atomic mass is 32.1. The molecule has 5 heteroatoms. The number of benzene rings is 1. The number of nitrogens with zero attached hydrogens (tertiary/aromatic N) is 2. The van der Waals surface area contributed by atoms with Gasteiger partial charge >= 0.3 is 0 Å². The van der Waals surface area contributed by atoms with Crippen LogP contribution in [0.25, 0.3) is 16.2 Å². The van der Waals surface area contributed by atoms with Crippen LogP contribution in [0.5, 0.6) is 5.75 Å². The maximum absolute atomic E-state index is 11.3. The van der Waals surface area contributed by atoms with E-state index in [1.54, 1.807) is 0 Å². The van der Waals surface area contributed by atoms with Crippen molar-refractivity contribution in [3.05, 3.63) is 41.5 Å². The molecule has 0 aliphatic carbocycles. The molecule has 0 unspecified atom stereocenters. The number of thiazole rings is 1. The van der Waals surface area contributed by atoms with Crippen LogP contribution in [0.3, 0.4) is 0 Å². The minimum Gasteiger partial charge on any atom is -0.494 e. The Morgan fingerprint density at radius 2 is 2.16 bits per heavy atom. The van der Waals surface area contributed by atoms with E-state index in [0.717, 1.165) is 22.6 Å². The molecule has 0 amide bonds. The van der Waals surface area contributed by atoms with Gasteiger partial charge in [-0.1, -0.05) is 0 Å². The summed E-state index contributed by atoms with van der Waals surface area (Å²) in [4.78, 5) is 16.6. The fourth-order valence-corrected chi connectivity index (χ4v) is 2.73. The van der Waals surface area contributed by atoms with E-state index in [-0.39, 0.29) is 0 Å². The second-order valence-electron chi connectivity index (χ2n) is 3.98. The van der Waals surface area contributed by atoms with E-state index in [0.29, 0.717) is 18.0 Å². The number of imidazole rings is 1. The van der Waals surface area contributed by atoms with E-state index in [9.17, 15) is 4.79 Å². The molecule has 0 aliphatic heterocycles. The molecule has 1 aromatic carbocycles. The summed E-state index contributed by atoms with van der Waals surface area (Å²) in [5.74, 6) is 0.819. The molecule has 0 spiro atoms. The van der Waals surface area contributed by atoms with E-state index in [1.165, 1.54) is 11.3 Å². The van der Waals surface area contributed by atoms with Crippen LogP contribution in [0.15, 0.2) is 35.8 Å². The normalized spacial score (nSPS) is 10.8. The van der Waals surface area contributed by atoms with E-state index in [1.807, 2.05) is 47.2 Å². The molecular weight excluding hydrogens is 260 g/mol. The summed E-state index contributed by atoms with van der Waals surface area (Å²) in [5, 5.41) is 1.91. The molecule has 0 saturated heterocycles. The lowest BCUT2D eigenvalue weighted by molar-refractivity contribution is 0.111. The predicted octanol–water partition coefficient (Wildman–Crippen LogP) is 3.27. The summed E-state index contributed by atoms with van der Waals surface area (Å²) < 4.78 is 7.21. The Hall–Kier alpha value is -2.14. The number of carbonyl (C=O) groups excluding carboxylic acids is 1. The third-order valence-electron chi connectivity index (χ3n) is 2.85. The number of aldehydes is 1. The lowest BCUT2D eigenvalue weighted by atomic mass is 10.1. The number of hydrogen-bond donors (Lipinski definition) is 0. The van der Waals surface area contributed by atoms with Crippen LogP contribution in [0.2, 0.25) is 0 Å². The van der Waals surface area contributed by atoms with Crippen molar-refractivity contribution in [3.8, 4) is 17.0 Å². The Labute approximate surface area is 114 Å². The zero-order valence-corrected chi connectivity index (χ0v) is 11.2. The molecule has 0 fully saturated rings. The van der Waals surface area contributed by atoms with Crippen molar-refractivity contribution >= 4 is 22.6 Å². The first-order valence-electron chi connectivity index (χ1n) is 5.97. The Morgan fingerprint density at radius 3 is 2.84 bits per heavy atom. The van der Waals surface area contributed by atoms with Crippen LogP contribution in [0.1, 0.15) is 17.4 Å². The number of carbonyl (C=O) groups is 1. The van der Waals surface area contributed by atoms with Gasteiger partial charge in [0.25, 0.3) is 0 Å². The van der Waals surface area contributed by atoms with Gasteiger partial charge in [0, 0.05) is 17.1 Å². The van der Waals surface area contributed by atoms with Crippen LogP contribution in [0, 0.1) is 0 Å². The van der Waals surface area contributed by atoms with Crippen LogP contribution in [-0.2, 0) is 0 Å². The second kappa shape index (κ2) is 4.85. The van der Waals surface area contributed by atoms with Gasteiger partial charge in [-0.05, 0) is 31.2 Å². The van der Waals surface area contributed by atoms with Gasteiger partial charge < -0.3 is 4.74 Å². The zero-order chi connectivity index (χ0) is 13.2. The Morgan fingerprint density at radius 1 is 1.37 bits per heavy atom. The molecule has 0 aliphatic rings. The van der Waals surface area contributed by atoms with Crippen molar-refractivity contribution in [2.24, 2.45) is 0 Å². The summed E-state index contributed by atoms with van der Waals surface area (Å²) in [5.41, 5.74) is 2.21. The molecule has 0 atom stereocenters. The molecule has 0 N–H and O–H groups in total. The van der Waals surface area contributed by atoms with Crippen LogP contribution in [-0.4, -0.2) is 22.3 Å². The molecule has 0 saturated carbocycles. The minimum absolute atomic E-state index is 0.584. The zero-order valence-electron chi connectivity index (χ0n) is 10.4. The molecule has 4 nitrogen and oxygen atoms in total. The first kappa shape index (κ1) is 11.9. The van der Waals surface area contributed by atoms with E-state index < -0.39 is 0 Å². The van der Waals surface area contributed by atoms with Gasteiger partial charge in [0.05, 0.1) is 6.61 Å². The van der Waals surface area contributed by atoms with Crippen molar-refractivity contribution in [2.75, 3.05) is 6.61 Å². The smallest absolute Gasteiger partial charge is 0.194 e. The van der Waals surface area contributed by atoms with Gasteiger partial charge in [-0.3, -0.25) is 9.20 Å². The molecule has 2 aromatic heterocycles. The summed E-state index contributed by atoms with van der Waals surface area (Å²) >= 11 is 1.51. The highest BCUT2D eigenvalue weighted by Gasteiger charge is 2.13. The van der Waals surface area contributed by atoms with E-state index in [2.05, 4.69) is 4.98 Å². The fraction of sp³-hybridized carbons (Fsp3) is 0.143. The minimum atomic E-state index is 0.584. The quantitative estimate of drug-likeness (QED) is 0.685. The van der Waals surface area contributed by atoms with Gasteiger partial charge in [-0.25, -0.2) is 4.98 Å². The number of fused-ring (bicyclic) bond motifs is 1. The topological polar surface area (TPSA) is 43.6 Å². The van der Waals surface area contributed by atoms with Crippen molar-refractivity contribution in [1.82, 2.24) is 9.38 Å². The molecular formula is C14H12N2O2S. The Balaban J connectivity index is 2.07. The number of aromatic nitrogens is 2. The summed E-state index contributed by atoms with van der Waals surface area (Å²) in [6.07, 6.45) is 2.70. The van der Waals surface area contributed by atoms with Gasteiger partial charge in [0.2, 0.25) is 0 Å². The van der Waals surface area contributed by atoms with E-state index >= 15 is 0 Å². The highest BCUT2D eigenvalue weighted by Crippen LogP contribution is 2.27. The third-order valence-corrected chi connectivity index (χ3v) is 3.61. The molecule has 0 radical (unpaired) electrons. The van der Waals surface area contributed by atoms with Gasteiger partial charge in [0.1, 0.15) is 17.1 Å². The van der Waals surface area contributed by atoms with Crippen molar-refractivity contribution in [1.29, 1.82) is 0 Å². The summed E-state index contributed by atoms with van der Waals surface area (Å²) in [6, 6.07) is 7.62. The predicted molar refractivity (Wildman–Crippen MR) is 75.1 cm³/mol. The molecule has 0 bridgehead atoms. The summed E-state index contributed by atoms with van der Waals surface area (Å²) in [7, 11) is 0. The molecule has 96 valence electrons.